The lowest BCUT2D eigenvalue weighted by atomic mass is 9.80. The Morgan fingerprint density at radius 3 is 2.21 bits per heavy atom. The Balaban J connectivity index is 0.000000980. The van der Waals surface area contributed by atoms with Crippen LogP contribution in [-0.4, -0.2) is 34.0 Å². The van der Waals surface area contributed by atoms with Crippen molar-refractivity contribution in [1.82, 2.24) is 0 Å². The molecule has 2 fully saturated rings. The quantitative estimate of drug-likeness (QED) is 0.489. The van der Waals surface area contributed by atoms with Gasteiger partial charge in [-0.25, -0.2) is 0 Å². The predicted molar refractivity (Wildman–Crippen MR) is 45.5 cm³/mol. The lowest BCUT2D eigenvalue weighted by Crippen LogP contribution is -2.29. The lowest BCUT2D eigenvalue weighted by Gasteiger charge is -2.25. The largest absolute Gasteiger partial charge is 0.412 e. The fourth-order valence-electron chi connectivity index (χ4n) is 2.21. The number of rotatable bonds is 0. The van der Waals surface area contributed by atoms with Crippen molar-refractivity contribution in [2.45, 2.75) is 25.4 Å². The Kier molecular flexibility index (Phi) is 2.82. The number of carbonyl (C=O) groups is 3. The van der Waals surface area contributed by atoms with Gasteiger partial charge in [0.1, 0.15) is 0 Å². The van der Waals surface area contributed by atoms with Gasteiger partial charge in [-0.15, -0.1) is 0 Å². The molecule has 3 unspecified atom stereocenters. The minimum absolute atomic E-state index is 0. The number of aliphatic hydroxyl groups excluding tert-OH is 1. The predicted octanol–water partition coefficient (Wildman–Crippen LogP) is -1.34. The molecule has 5 nitrogen and oxygen atoms in total. The third kappa shape index (κ3) is 1.38. The molecule has 0 aromatic carbocycles. The van der Waals surface area contributed by atoms with Crippen LogP contribution in [0.25, 0.3) is 0 Å². The van der Waals surface area contributed by atoms with Crippen LogP contribution in [0.15, 0.2) is 0 Å². The number of ketones is 3. The molecule has 2 aliphatic carbocycles. The van der Waals surface area contributed by atoms with Gasteiger partial charge in [-0.05, 0) is 19.3 Å². The first kappa shape index (κ1) is 11.0. The fraction of sp³-hybridized carbons (Fsp3) is 0.667. The van der Waals surface area contributed by atoms with Gasteiger partial charge in [-0.3, -0.25) is 14.4 Å². The number of Topliss-reactive ketones (excluding diaryl/α,β-unsaturated/α-hetero) is 3. The monoisotopic (exact) mass is 200 g/mol. The normalized spacial score (nSPS) is 36.6. The Hall–Kier alpha value is -1.07. The van der Waals surface area contributed by atoms with Crippen molar-refractivity contribution < 1.29 is 25.0 Å². The second kappa shape index (κ2) is 3.59. The van der Waals surface area contributed by atoms with Crippen LogP contribution in [-0.2, 0) is 14.4 Å². The molecule has 0 radical (unpaired) electrons. The van der Waals surface area contributed by atoms with Gasteiger partial charge in [0.25, 0.3) is 5.78 Å². The summed E-state index contributed by atoms with van der Waals surface area (Å²) in [5.41, 5.74) is 0. The van der Waals surface area contributed by atoms with Crippen LogP contribution in [0.2, 0.25) is 0 Å². The van der Waals surface area contributed by atoms with E-state index in [1.54, 1.807) is 0 Å². The number of hydrogen-bond acceptors (Lipinski definition) is 4. The highest BCUT2D eigenvalue weighted by molar-refractivity contribution is 6.68. The maximum absolute atomic E-state index is 11.2. The molecule has 14 heavy (non-hydrogen) atoms. The molecule has 0 amide bonds. The summed E-state index contributed by atoms with van der Waals surface area (Å²) in [6.07, 6.45) is 0.750. The molecule has 2 aliphatic rings. The zero-order chi connectivity index (χ0) is 9.59. The highest BCUT2D eigenvalue weighted by Crippen LogP contribution is 2.36. The van der Waals surface area contributed by atoms with Crippen molar-refractivity contribution in [2.75, 3.05) is 0 Å². The van der Waals surface area contributed by atoms with Crippen LogP contribution in [0.3, 0.4) is 0 Å². The summed E-state index contributed by atoms with van der Waals surface area (Å²) >= 11 is 0. The number of fused-ring (bicyclic) bond motifs is 1. The van der Waals surface area contributed by atoms with Crippen LogP contribution in [0.4, 0.5) is 0 Å². The summed E-state index contributed by atoms with van der Waals surface area (Å²) in [5, 5.41) is 9.27. The summed E-state index contributed by atoms with van der Waals surface area (Å²) in [5.74, 6) is -2.94. The smallest absolute Gasteiger partial charge is 0.264 e. The maximum Gasteiger partial charge on any atom is 0.264 e. The number of hydrogen-bond donors (Lipinski definition) is 1. The van der Waals surface area contributed by atoms with E-state index in [9.17, 15) is 19.5 Å². The molecule has 78 valence electrons. The Morgan fingerprint density at radius 1 is 1.00 bits per heavy atom. The van der Waals surface area contributed by atoms with E-state index in [1.807, 2.05) is 0 Å². The van der Waals surface area contributed by atoms with Crippen LogP contribution < -0.4 is 0 Å². The molecule has 0 bridgehead atoms. The number of carbonyl (C=O) groups excluding carboxylic acids is 3. The molecular formula is C9H12O5. The first-order chi connectivity index (χ1) is 6.11. The third-order valence-electron chi connectivity index (χ3n) is 2.94. The standard InChI is InChI=1S/C9H10O4.H2O/c10-4-1-2-5-6(3-4)8(12)9(13)7(5)11;/h4-6,10H,1-3H2;1H2. The average molecular weight is 200 g/mol. The molecule has 0 aromatic heterocycles. The first-order valence-electron chi connectivity index (χ1n) is 4.41. The first-order valence-corrected chi connectivity index (χ1v) is 4.41. The SMILES string of the molecule is O.O=C1C(=O)C2CCC(O)CC2C1=O. The van der Waals surface area contributed by atoms with Gasteiger partial charge in [0.2, 0.25) is 11.6 Å². The average Bonchev–Trinajstić information content (AvgIpc) is 2.32. The van der Waals surface area contributed by atoms with E-state index < -0.39 is 35.3 Å². The Labute approximate surface area is 80.4 Å². The van der Waals surface area contributed by atoms with Crippen molar-refractivity contribution in [3.63, 3.8) is 0 Å². The van der Waals surface area contributed by atoms with Crippen molar-refractivity contribution in [3.05, 3.63) is 0 Å². The summed E-state index contributed by atoms with van der Waals surface area (Å²) in [7, 11) is 0. The van der Waals surface area contributed by atoms with Crippen LogP contribution >= 0.6 is 0 Å². The van der Waals surface area contributed by atoms with Crippen LogP contribution in [0, 0.1) is 11.8 Å². The second-order valence-electron chi connectivity index (χ2n) is 3.74. The third-order valence-corrected chi connectivity index (χ3v) is 2.94. The van der Waals surface area contributed by atoms with E-state index >= 15 is 0 Å². The molecule has 3 atom stereocenters. The molecule has 0 spiro atoms. The van der Waals surface area contributed by atoms with E-state index in [2.05, 4.69) is 0 Å². The molecule has 2 saturated carbocycles. The van der Waals surface area contributed by atoms with Crippen LogP contribution in [0.5, 0.6) is 0 Å². The fourth-order valence-corrected chi connectivity index (χ4v) is 2.21. The van der Waals surface area contributed by atoms with Gasteiger partial charge < -0.3 is 10.6 Å². The van der Waals surface area contributed by atoms with Crippen molar-refractivity contribution >= 4 is 17.3 Å². The zero-order valence-corrected chi connectivity index (χ0v) is 7.53. The van der Waals surface area contributed by atoms with Crippen molar-refractivity contribution in [1.29, 1.82) is 0 Å². The highest BCUT2D eigenvalue weighted by atomic mass is 16.3. The van der Waals surface area contributed by atoms with E-state index in [0.29, 0.717) is 12.8 Å². The van der Waals surface area contributed by atoms with Gasteiger partial charge >= 0.3 is 0 Å². The molecule has 3 N–H and O–H groups in total. The van der Waals surface area contributed by atoms with Gasteiger partial charge in [-0.1, -0.05) is 0 Å². The van der Waals surface area contributed by atoms with E-state index in [0.717, 1.165) is 0 Å². The summed E-state index contributed by atoms with van der Waals surface area (Å²) in [6.45, 7) is 0. The van der Waals surface area contributed by atoms with Crippen LogP contribution in [0.1, 0.15) is 19.3 Å². The molecule has 0 saturated heterocycles. The lowest BCUT2D eigenvalue weighted by molar-refractivity contribution is -0.141. The second-order valence-corrected chi connectivity index (χ2v) is 3.74. The van der Waals surface area contributed by atoms with Gasteiger partial charge in [0, 0.05) is 11.8 Å². The molecule has 0 aliphatic heterocycles. The Morgan fingerprint density at radius 2 is 1.57 bits per heavy atom. The summed E-state index contributed by atoms with van der Waals surface area (Å²) in [4.78, 5) is 33.4. The molecular weight excluding hydrogens is 188 g/mol. The minimum Gasteiger partial charge on any atom is -0.412 e. The van der Waals surface area contributed by atoms with Crippen molar-refractivity contribution in [2.24, 2.45) is 11.8 Å². The zero-order valence-electron chi connectivity index (χ0n) is 7.53. The van der Waals surface area contributed by atoms with E-state index in [1.165, 1.54) is 0 Å². The molecule has 0 heterocycles. The molecule has 0 aromatic rings. The molecule has 5 heteroatoms. The Bertz CT molecular complexity index is 296. The molecule has 2 rings (SSSR count). The van der Waals surface area contributed by atoms with Gasteiger partial charge in [-0.2, -0.15) is 0 Å². The maximum atomic E-state index is 11.2. The van der Waals surface area contributed by atoms with E-state index in [-0.39, 0.29) is 11.9 Å². The topological polar surface area (TPSA) is 103 Å². The van der Waals surface area contributed by atoms with Crippen molar-refractivity contribution in [3.8, 4) is 0 Å². The summed E-state index contributed by atoms with van der Waals surface area (Å²) < 4.78 is 0. The van der Waals surface area contributed by atoms with Gasteiger partial charge in [0.05, 0.1) is 6.10 Å². The van der Waals surface area contributed by atoms with Gasteiger partial charge in [0.15, 0.2) is 0 Å². The highest BCUT2D eigenvalue weighted by Gasteiger charge is 2.50. The van der Waals surface area contributed by atoms with E-state index in [4.69, 9.17) is 0 Å². The summed E-state index contributed by atoms with van der Waals surface area (Å²) in [6, 6.07) is 0. The minimum atomic E-state index is -0.857. The number of aliphatic hydroxyl groups is 1.